The third kappa shape index (κ3) is 5.12. The Balaban J connectivity index is 1.20. The second kappa shape index (κ2) is 9.49. The van der Waals surface area contributed by atoms with Gasteiger partial charge in [-0.15, -0.1) is 0 Å². The lowest BCUT2D eigenvalue weighted by Crippen LogP contribution is -2.49. The summed E-state index contributed by atoms with van der Waals surface area (Å²) in [6, 6.07) is 14.7. The van der Waals surface area contributed by atoms with Crippen LogP contribution in [-0.4, -0.2) is 55.2 Å². The highest BCUT2D eigenvalue weighted by molar-refractivity contribution is 5.78. The maximum Gasteiger partial charge on any atom is 0.234 e. The molecule has 30 heavy (non-hydrogen) atoms. The molecule has 2 aliphatic heterocycles. The molecule has 160 valence electrons. The first-order chi connectivity index (χ1) is 14.6. The first kappa shape index (κ1) is 20.7. The van der Waals surface area contributed by atoms with Gasteiger partial charge in [-0.05, 0) is 42.2 Å². The summed E-state index contributed by atoms with van der Waals surface area (Å²) in [5.74, 6) is 1.75. The Morgan fingerprint density at radius 2 is 1.63 bits per heavy atom. The lowest BCUT2D eigenvalue weighted by Gasteiger charge is -2.34. The van der Waals surface area contributed by atoms with Crippen molar-refractivity contribution in [3.05, 3.63) is 59.2 Å². The number of nitrogens with one attached hydrogen (secondary N) is 1. The maximum absolute atomic E-state index is 12.5. The van der Waals surface area contributed by atoms with Gasteiger partial charge >= 0.3 is 0 Å². The monoisotopic (exact) mass is 409 g/mol. The zero-order valence-corrected chi connectivity index (χ0v) is 17.9. The van der Waals surface area contributed by atoms with Crippen molar-refractivity contribution in [1.82, 2.24) is 15.1 Å². The summed E-state index contributed by atoms with van der Waals surface area (Å²) in [7, 11) is 0. The highest BCUT2D eigenvalue weighted by atomic mass is 16.7. The van der Waals surface area contributed by atoms with E-state index in [1.165, 1.54) is 11.1 Å². The lowest BCUT2D eigenvalue weighted by atomic mass is 10.0. The Kier molecular flexibility index (Phi) is 6.55. The molecule has 0 radical (unpaired) electrons. The molecule has 0 aliphatic carbocycles. The van der Waals surface area contributed by atoms with Gasteiger partial charge in [-0.25, -0.2) is 0 Å². The number of aryl methyl sites for hydroxylation is 1. The van der Waals surface area contributed by atoms with Crippen molar-refractivity contribution in [1.29, 1.82) is 0 Å². The fourth-order valence-corrected chi connectivity index (χ4v) is 4.02. The van der Waals surface area contributed by atoms with E-state index in [1.54, 1.807) is 0 Å². The highest BCUT2D eigenvalue weighted by Crippen LogP contribution is 2.32. The Labute approximate surface area is 178 Å². The summed E-state index contributed by atoms with van der Waals surface area (Å²) >= 11 is 0. The van der Waals surface area contributed by atoms with Crippen LogP contribution in [0.4, 0.5) is 0 Å². The number of ether oxygens (including phenoxy) is 2. The average Bonchev–Trinajstić information content (AvgIpc) is 3.23. The molecule has 0 aromatic heterocycles. The fourth-order valence-electron chi connectivity index (χ4n) is 4.02. The molecular formula is C24H31N3O3. The predicted molar refractivity (Wildman–Crippen MR) is 117 cm³/mol. The quantitative estimate of drug-likeness (QED) is 0.762. The van der Waals surface area contributed by atoms with Gasteiger partial charge in [-0.1, -0.05) is 37.3 Å². The zero-order chi connectivity index (χ0) is 20.9. The summed E-state index contributed by atoms with van der Waals surface area (Å²) in [5, 5.41) is 3.14. The summed E-state index contributed by atoms with van der Waals surface area (Å²) in [6.45, 7) is 9.55. The Morgan fingerprint density at radius 3 is 2.37 bits per heavy atom. The van der Waals surface area contributed by atoms with Crippen LogP contribution in [-0.2, 0) is 17.8 Å². The van der Waals surface area contributed by atoms with Crippen molar-refractivity contribution in [2.24, 2.45) is 0 Å². The number of amides is 1. The molecule has 0 saturated carbocycles. The summed E-state index contributed by atoms with van der Waals surface area (Å²) in [5.41, 5.74) is 3.69. The van der Waals surface area contributed by atoms with Gasteiger partial charge in [0.1, 0.15) is 0 Å². The van der Waals surface area contributed by atoms with Gasteiger partial charge in [0.15, 0.2) is 11.5 Å². The first-order valence-corrected chi connectivity index (χ1v) is 10.8. The molecule has 1 N–H and O–H groups in total. The van der Waals surface area contributed by atoms with Gasteiger partial charge in [0.05, 0.1) is 12.6 Å². The Bertz CT molecular complexity index is 860. The molecule has 0 spiro atoms. The first-order valence-electron chi connectivity index (χ1n) is 10.8. The molecule has 2 aromatic rings. The van der Waals surface area contributed by atoms with Crippen molar-refractivity contribution < 1.29 is 14.3 Å². The van der Waals surface area contributed by atoms with Gasteiger partial charge in [0.2, 0.25) is 12.7 Å². The van der Waals surface area contributed by atoms with E-state index in [4.69, 9.17) is 9.47 Å². The van der Waals surface area contributed by atoms with E-state index in [0.717, 1.165) is 56.2 Å². The van der Waals surface area contributed by atoms with Crippen molar-refractivity contribution in [2.75, 3.05) is 39.5 Å². The van der Waals surface area contributed by atoms with Gasteiger partial charge in [0, 0.05) is 32.7 Å². The van der Waals surface area contributed by atoms with Crippen LogP contribution < -0.4 is 14.8 Å². The van der Waals surface area contributed by atoms with Gasteiger partial charge in [-0.3, -0.25) is 14.6 Å². The van der Waals surface area contributed by atoms with E-state index >= 15 is 0 Å². The zero-order valence-electron chi connectivity index (χ0n) is 17.9. The minimum atomic E-state index is 0.0238. The lowest BCUT2D eigenvalue weighted by molar-refractivity contribution is -0.123. The van der Waals surface area contributed by atoms with Crippen LogP contribution in [0.5, 0.6) is 11.5 Å². The van der Waals surface area contributed by atoms with Crippen LogP contribution in [0, 0.1) is 0 Å². The number of fused-ring (bicyclic) bond motifs is 1. The number of rotatable bonds is 7. The summed E-state index contributed by atoms with van der Waals surface area (Å²) in [4.78, 5) is 17.2. The molecule has 1 atom stereocenters. The van der Waals surface area contributed by atoms with E-state index < -0.39 is 0 Å². The molecule has 1 amide bonds. The maximum atomic E-state index is 12.5. The standard InChI is InChI=1S/C24H31N3O3/c1-3-19-4-7-21(8-5-19)18(2)25-24(28)16-27-12-10-26(11-13-27)15-20-6-9-22-23(14-20)30-17-29-22/h4-9,14,18H,3,10-13,15-17H2,1-2H3,(H,25,28)/t18-/m0/s1. The molecule has 6 heteroatoms. The molecule has 6 nitrogen and oxygen atoms in total. The second-order valence-electron chi connectivity index (χ2n) is 8.12. The van der Waals surface area contributed by atoms with Crippen LogP contribution in [0.2, 0.25) is 0 Å². The van der Waals surface area contributed by atoms with Gasteiger partial charge < -0.3 is 14.8 Å². The number of hydrogen-bond acceptors (Lipinski definition) is 5. The molecule has 2 heterocycles. The van der Waals surface area contributed by atoms with Gasteiger partial charge in [0.25, 0.3) is 0 Å². The normalized spacial score (nSPS) is 17.7. The van der Waals surface area contributed by atoms with E-state index in [0.29, 0.717) is 13.3 Å². The van der Waals surface area contributed by atoms with E-state index in [2.05, 4.69) is 58.4 Å². The average molecular weight is 410 g/mol. The van der Waals surface area contributed by atoms with E-state index in [-0.39, 0.29) is 11.9 Å². The SMILES string of the molecule is CCc1ccc([C@H](C)NC(=O)CN2CCN(Cc3ccc4c(c3)OCO4)CC2)cc1. The molecule has 0 bridgehead atoms. The molecule has 2 aliphatic rings. The molecule has 2 aromatic carbocycles. The minimum Gasteiger partial charge on any atom is -0.454 e. The van der Waals surface area contributed by atoms with Crippen LogP contribution >= 0.6 is 0 Å². The molecule has 1 fully saturated rings. The van der Waals surface area contributed by atoms with Crippen molar-refractivity contribution in [2.45, 2.75) is 32.9 Å². The third-order valence-corrected chi connectivity index (χ3v) is 5.94. The molecule has 0 unspecified atom stereocenters. The van der Waals surface area contributed by atoms with Crippen LogP contribution in [0.15, 0.2) is 42.5 Å². The fraction of sp³-hybridized carbons (Fsp3) is 0.458. The number of benzene rings is 2. The minimum absolute atomic E-state index is 0.0238. The predicted octanol–water partition coefficient (Wildman–Crippen LogP) is 2.97. The number of hydrogen-bond donors (Lipinski definition) is 1. The number of nitrogens with zero attached hydrogens (tertiary/aromatic N) is 2. The molecule has 4 rings (SSSR count). The van der Waals surface area contributed by atoms with Crippen molar-refractivity contribution >= 4 is 5.91 Å². The van der Waals surface area contributed by atoms with Crippen LogP contribution in [0.3, 0.4) is 0 Å². The molecular weight excluding hydrogens is 378 g/mol. The largest absolute Gasteiger partial charge is 0.454 e. The van der Waals surface area contributed by atoms with E-state index in [9.17, 15) is 4.79 Å². The smallest absolute Gasteiger partial charge is 0.234 e. The topological polar surface area (TPSA) is 54.0 Å². The van der Waals surface area contributed by atoms with Crippen LogP contribution in [0.1, 0.15) is 36.6 Å². The Hall–Kier alpha value is -2.57. The summed E-state index contributed by atoms with van der Waals surface area (Å²) < 4.78 is 10.9. The third-order valence-electron chi connectivity index (χ3n) is 5.94. The number of carbonyl (C=O) groups is 1. The van der Waals surface area contributed by atoms with Crippen molar-refractivity contribution in [3.8, 4) is 11.5 Å². The van der Waals surface area contributed by atoms with Crippen molar-refractivity contribution in [3.63, 3.8) is 0 Å². The highest BCUT2D eigenvalue weighted by Gasteiger charge is 2.21. The van der Waals surface area contributed by atoms with E-state index in [1.807, 2.05) is 13.0 Å². The van der Waals surface area contributed by atoms with Crippen LogP contribution in [0.25, 0.3) is 0 Å². The number of piperazine rings is 1. The Morgan fingerprint density at radius 1 is 0.967 bits per heavy atom. The van der Waals surface area contributed by atoms with Gasteiger partial charge in [-0.2, -0.15) is 0 Å². The summed E-state index contributed by atoms with van der Waals surface area (Å²) in [6.07, 6.45) is 1.03. The molecule has 1 saturated heterocycles. The second-order valence-corrected chi connectivity index (χ2v) is 8.12. The number of carbonyl (C=O) groups excluding carboxylic acids is 1.